The van der Waals surface area contributed by atoms with Gasteiger partial charge in [0.1, 0.15) is 0 Å². The topological polar surface area (TPSA) is 93.6 Å². The molecular weight excluding hydrogens is 336 g/mol. The van der Waals surface area contributed by atoms with Gasteiger partial charge in [-0.1, -0.05) is 5.16 Å². The van der Waals surface area contributed by atoms with Crippen molar-refractivity contribution >= 4 is 5.91 Å². The van der Waals surface area contributed by atoms with Crippen molar-refractivity contribution in [2.45, 2.75) is 31.5 Å². The molecule has 0 aromatic carbocycles. The van der Waals surface area contributed by atoms with Gasteiger partial charge in [0.15, 0.2) is 11.5 Å². The first kappa shape index (κ1) is 16.0. The van der Waals surface area contributed by atoms with Crippen LogP contribution in [0.3, 0.4) is 0 Å². The monoisotopic (exact) mass is 358 g/mol. The average Bonchev–Trinajstić information content (AvgIpc) is 3.41. The molecule has 26 heavy (non-hydrogen) atoms. The van der Waals surface area contributed by atoms with Crippen molar-refractivity contribution in [1.82, 2.24) is 19.8 Å². The molecule has 5 rings (SSSR count). The van der Waals surface area contributed by atoms with E-state index < -0.39 is 0 Å². The van der Waals surface area contributed by atoms with Gasteiger partial charge in [0.25, 0.3) is 5.91 Å². The minimum atomic E-state index is -0.278. The molecule has 0 aliphatic carbocycles. The number of likely N-dealkylation sites (tertiary alicyclic amines) is 1. The van der Waals surface area contributed by atoms with E-state index in [1.807, 2.05) is 14.0 Å². The molecule has 1 N–H and O–H groups in total. The molecule has 8 nitrogen and oxygen atoms in total. The number of rotatable bonds is 3. The summed E-state index contributed by atoms with van der Waals surface area (Å²) >= 11 is 0. The van der Waals surface area contributed by atoms with E-state index in [9.17, 15) is 9.90 Å². The van der Waals surface area contributed by atoms with Gasteiger partial charge in [-0.05, 0) is 19.8 Å². The normalized spacial score (nSPS) is 32.4. The Hall–Kier alpha value is -2.19. The summed E-state index contributed by atoms with van der Waals surface area (Å²) in [6.45, 7) is 3.23. The maximum atomic E-state index is 12.9. The molecule has 3 aliphatic rings. The minimum Gasteiger partial charge on any atom is -0.396 e. The van der Waals surface area contributed by atoms with Crippen LogP contribution in [0, 0.1) is 18.8 Å². The molecule has 4 atom stereocenters. The number of hydrogen-bond donors (Lipinski definition) is 1. The Morgan fingerprint density at radius 3 is 3.08 bits per heavy atom. The Labute approximate surface area is 150 Å². The van der Waals surface area contributed by atoms with Crippen LogP contribution in [0.2, 0.25) is 0 Å². The summed E-state index contributed by atoms with van der Waals surface area (Å²) in [4.78, 5) is 14.7. The van der Waals surface area contributed by atoms with E-state index in [0.29, 0.717) is 24.5 Å². The lowest BCUT2D eigenvalue weighted by Crippen LogP contribution is -2.38. The molecule has 0 unspecified atom stereocenters. The van der Waals surface area contributed by atoms with Gasteiger partial charge in [0.05, 0.1) is 30.0 Å². The molecule has 2 bridgehead atoms. The molecular formula is C18H22N4O4. The van der Waals surface area contributed by atoms with E-state index >= 15 is 0 Å². The van der Waals surface area contributed by atoms with E-state index in [1.54, 1.807) is 21.8 Å². The van der Waals surface area contributed by atoms with Crippen LogP contribution in [0.15, 0.2) is 16.8 Å². The van der Waals surface area contributed by atoms with Crippen molar-refractivity contribution in [2.75, 3.05) is 19.7 Å². The van der Waals surface area contributed by atoms with Crippen molar-refractivity contribution in [3.8, 4) is 11.3 Å². The van der Waals surface area contributed by atoms with Crippen LogP contribution in [0.4, 0.5) is 0 Å². The summed E-state index contributed by atoms with van der Waals surface area (Å²) in [6, 6.07) is 1.68. The maximum absolute atomic E-state index is 12.9. The molecule has 138 valence electrons. The highest BCUT2D eigenvalue weighted by molar-refractivity contribution is 5.93. The second-order valence-electron chi connectivity index (χ2n) is 7.74. The third kappa shape index (κ3) is 2.05. The predicted molar refractivity (Wildman–Crippen MR) is 90.2 cm³/mol. The minimum absolute atomic E-state index is 0.119. The number of nitrogens with zero attached hydrogens (tertiary/aromatic N) is 4. The fraction of sp³-hybridized carbons (Fsp3) is 0.611. The van der Waals surface area contributed by atoms with E-state index in [4.69, 9.17) is 9.26 Å². The Kier molecular flexibility index (Phi) is 3.33. The number of carbonyl (C=O) groups is 1. The van der Waals surface area contributed by atoms with Crippen molar-refractivity contribution in [2.24, 2.45) is 18.9 Å². The van der Waals surface area contributed by atoms with Crippen LogP contribution < -0.4 is 0 Å². The number of aliphatic hydroxyl groups is 1. The molecule has 5 heterocycles. The zero-order valence-corrected chi connectivity index (χ0v) is 14.9. The van der Waals surface area contributed by atoms with Gasteiger partial charge in [-0.2, -0.15) is 5.10 Å². The van der Waals surface area contributed by atoms with Gasteiger partial charge < -0.3 is 19.3 Å². The van der Waals surface area contributed by atoms with E-state index in [2.05, 4.69) is 10.3 Å². The highest BCUT2D eigenvalue weighted by atomic mass is 16.5. The quantitative estimate of drug-likeness (QED) is 0.880. The number of fused-ring (bicyclic) bond motifs is 1. The van der Waals surface area contributed by atoms with Crippen molar-refractivity contribution in [3.63, 3.8) is 0 Å². The first-order chi connectivity index (χ1) is 12.5. The van der Waals surface area contributed by atoms with Crippen LogP contribution in [0.5, 0.6) is 0 Å². The molecule has 1 spiro atoms. The van der Waals surface area contributed by atoms with Crippen molar-refractivity contribution in [1.29, 1.82) is 0 Å². The predicted octanol–water partition coefficient (Wildman–Crippen LogP) is 0.995. The Bertz CT molecular complexity index is 874. The third-order valence-corrected chi connectivity index (χ3v) is 6.51. The van der Waals surface area contributed by atoms with E-state index in [0.717, 1.165) is 24.1 Å². The number of hydrogen-bond acceptors (Lipinski definition) is 6. The van der Waals surface area contributed by atoms with Crippen LogP contribution >= 0.6 is 0 Å². The zero-order chi connectivity index (χ0) is 18.1. The van der Waals surface area contributed by atoms with Crippen molar-refractivity contribution < 1.29 is 19.2 Å². The lowest BCUT2D eigenvalue weighted by atomic mass is 9.74. The lowest BCUT2D eigenvalue weighted by molar-refractivity contribution is 0.00144. The Balaban J connectivity index is 1.38. The fourth-order valence-corrected chi connectivity index (χ4v) is 4.99. The number of amides is 1. The van der Waals surface area contributed by atoms with Gasteiger partial charge in [0, 0.05) is 43.8 Å². The number of aryl methyl sites for hydroxylation is 1. The summed E-state index contributed by atoms with van der Waals surface area (Å²) in [5.74, 6) is 0.741. The van der Waals surface area contributed by atoms with Gasteiger partial charge >= 0.3 is 0 Å². The highest BCUT2D eigenvalue weighted by Gasteiger charge is 2.63. The number of carbonyl (C=O) groups excluding carboxylic acids is 1. The summed E-state index contributed by atoms with van der Waals surface area (Å²) < 4.78 is 13.3. The number of aromatic nitrogens is 3. The molecule has 0 saturated carbocycles. The zero-order valence-electron chi connectivity index (χ0n) is 14.9. The smallest absolute Gasteiger partial charge is 0.276 e. The molecule has 1 amide bonds. The standard InChI is InChI=1S/C18H22N4O4/c1-10-11(6-19-21(10)2)16-5-14(20-26-16)17(24)22-7-13-12(8-23)15-3-4-18(13,9-22)25-15/h5-6,12-13,15,23H,3-4,7-9H2,1-2H3/t12-,13+,15+,18+/m1/s1. The molecule has 2 aromatic heterocycles. The molecule has 3 saturated heterocycles. The van der Waals surface area contributed by atoms with Crippen molar-refractivity contribution in [3.05, 3.63) is 23.7 Å². The maximum Gasteiger partial charge on any atom is 0.276 e. The summed E-state index contributed by atoms with van der Waals surface area (Å²) in [6.07, 6.45) is 3.79. The van der Waals surface area contributed by atoms with Gasteiger partial charge in [0.2, 0.25) is 0 Å². The molecule has 2 aromatic rings. The van der Waals surface area contributed by atoms with Crippen LogP contribution in [-0.2, 0) is 11.8 Å². The molecule has 0 radical (unpaired) electrons. The van der Waals surface area contributed by atoms with Gasteiger partial charge in [-0.15, -0.1) is 0 Å². The van der Waals surface area contributed by atoms with Crippen LogP contribution in [-0.4, -0.2) is 62.3 Å². The molecule has 8 heteroatoms. The third-order valence-electron chi connectivity index (χ3n) is 6.51. The lowest BCUT2D eigenvalue weighted by Gasteiger charge is -2.27. The first-order valence-corrected chi connectivity index (χ1v) is 9.06. The highest BCUT2D eigenvalue weighted by Crippen LogP contribution is 2.54. The van der Waals surface area contributed by atoms with Gasteiger partial charge in [-0.3, -0.25) is 9.48 Å². The van der Waals surface area contributed by atoms with Gasteiger partial charge in [-0.25, -0.2) is 0 Å². The summed E-state index contributed by atoms with van der Waals surface area (Å²) in [7, 11) is 1.86. The number of ether oxygens (including phenoxy) is 1. The summed E-state index contributed by atoms with van der Waals surface area (Å²) in [5, 5.41) is 17.9. The average molecular weight is 358 g/mol. The Morgan fingerprint density at radius 2 is 2.35 bits per heavy atom. The fourth-order valence-electron chi connectivity index (χ4n) is 4.99. The second-order valence-corrected chi connectivity index (χ2v) is 7.74. The molecule has 3 fully saturated rings. The Morgan fingerprint density at radius 1 is 1.50 bits per heavy atom. The van der Waals surface area contributed by atoms with Crippen LogP contribution in [0.25, 0.3) is 11.3 Å². The number of aliphatic hydroxyl groups excluding tert-OH is 1. The first-order valence-electron chi connectivity index (χ1n) is 9.06. The largest absolute Gasteiger partial charge is 0.396 e. The van der Waals surface area contributed by atoms with E-state index in [-0.39, 0.29) is 36.1 Å². The SMILES string of the molecule is Cc1c(-c2cc(C(=O)N3C[C@H]4[C@@H](CO)[C@@H]5CC[C@@]4(C3)O5)no2)cnn1C. The molecule has 3 aliphatic heterocycles. The van der Waals surface area contributed by atoms with E-state index in [1.165, 1.54) is 0 Å². The second kappa shape index (κ2) is 5.40. The van der Waals surface area contributed by atoms with Crippen LogP contribution in [0.1, 0.15) is 29.0 Å². The summed E-state index contributed by atoms with van der Waals surface area (Å²) in [5.41, 5.74) is 1.80.